The summed E-state index contributed by atoms with van der Waals surface area (Å²) in [6, 6.07) is 10.2. The quantitative estimate of drug-likeness (QED) is 0.295. The summed E-state index contributed by atoms with van der Waals surface area (Å²) in [4.78, 5) is 48.1. The van der Waals surface area contributed by atoms with Crippen molar-refractivity contribution < 1.29 is 38.1 Å². The van der Waals surface area contributed by atoms with Gasteiger partial charge in [-0.3, -0.25) is 9.59 Å². The van der Waals surface area contributed by atoms with Crippen molar-refractivity contribution in [1.29, 1.82) is 0 Å². The number of rotatable bonds is 7. The number of hydrogen-bond acceptors (Lipinski definition) is 8. The van der Waals surface area contributed by atoms with Gasteiger partial charge >= 0.3 is 12.3 Å². The molecule has 0 aliphatic carbocycles. The lowest BCUT2D eigenvalue weighted by molar-refractivity contribution is 0.0723. The summed E-state index contributed by atoms with van der Waals surface area (Å²) in [5.74, 6) is -0.909. The Labute approximate surface area is 167 Å². The van der Waals surface area contributed by atoms with E-state index in [1.165, 1.54) is 30.3 Å². The van der Waals surface area contributed by atoms with E-state index in [1.807, 2.05) is 0 Å². The lowest BCUT2D eigenvalue weighted by Gasteiger charge is -2.14. The molecule has 0 heterocycles. The van der Waals surface area contributed by atoms with Crippen molar-refractivity contribution in [3.63, 3.8) is 0 Å². The van der Waals surface area contributed by atoms with Gasteiger partial charge in [0.2, 0.25) is 5.78 Å². The molecule has 29 heavy (non-hydrogen) atoms. The zero-order valence-corrected chi connectivity index (χ0v) is 16.2. The van der Waals surface area contributed by atoms with E-state index >= 15 is 0 Å². The molecule has 0 atom stereocenters. The average molecular weight is 400 g/mol. The van der Waals surface area contributed by atoms with Crippen LogP contribution in [0.4, 0.5) is 9.59 Å². The molecular formula is C21H20O8. The summed E-state index contributed by atoms with van der Waals surface area (Å²) in [5, 5.41) is 0. The van der Waals surface area contributed by atoms with Crippen LogP contribution >= 0.6 is 0 Å². The molecule has 0 saturated carbocycles. The first-order chi connectivity index (χ1) is 13.9. The number of aldehydes is 1. The van der Waals surface area contributed by atoms with Crippen LogP contribution in [0.1, 0.15) is 47.1 Å². The first-order valence-electron chi connectivity index (χ1n) is 8.82. The summed E-state index contributed by atoms with van der Waals surface area (Å²) < 4.78 is 19.9. The molecule has 0 unspecified atom stereocenters. The van der Waals surface area contributed by atoms with Gasteiger partial charge < -0.3 is 18.9 Å². The molecule has 0 aliphatic heterocycles. The monoisotopic (exact) mass is 400 g/mol. The molecule has 0 spiro atoms. The minimum Gasteiger partial charge on any atom is -0.434 e. The van der Waals surface area contributed by atoms with Gasteiger partial charge in [-0.05, 0) is 45.0 Å². The molecule has 8 heteroatoms. The number of ether oxygens (including phenoxy) is 4. The van der Waals surface area contributed by atoms with Crippen molar-refractivity contribution in [2.24, 2.45) is 0 Å². The second kappa shape index (κ2) is 10.0. The van der Waals surface area contributed by atoms with Crippen LogP contribution in [0.15, 0.2) is 42.5 Å². The van der Waals surface area contributed by atoms with Gasteiger partial charge in [-0.25, -0.2) is 9.59 Å². The zero-order chi connectivity index (χ0) is 21.4. The third kappa shape index (κ3) is 5.65. The normalized spacial score (nSPS) is 10.2. The highest BCUT2D eigenvalue weighted by atomic mass is 16.7. The van der Waals surface area contributed by atoms with Crippen LogP contribution in [0.2, 0.25) is 0 Å². The van der Waals surface area contributed by atoms with Gasteiger partial charge in [0.15, 0.2) is 12.0 Å². The number of ketones is 1. The zero-order valence-electron chi connectivity index (χ0n) is 16.2. The van der Waals surface area contributed by atoms with Crippen molar-refractivity contribution in [2.75, 3.05) is 6.61 Å². The van der Waals surface area contributed by atoms with E-state index in [1.54, 1.807) is 32.9 Å². The molecule has 0 fully saturated rings. The number of hydrogen-bond donors (Lipinski definition) is 0. The topological polar surface area (TPSA) is 105 Å². The van der Waals surface area contributed by atoms with Crippen molar-refractivity contribution >= 4 is 24.4 Å². The minimum atomic E-state index is -1.06. The summed E-state index contributed by atoms with van der Waals surface area (Å²) in [7, 11) is 0. The molecule has 0 bridgehead atoms. The van der Waals surface area contributed by atoms with Crippen molar-refractivity contribution in [2.45, 2.75) is 26.9 Å². The SMILES string of the molecule is CCOC(=O)Oc1ccccc1C(=O)c1cccc(C=O)c1OC(=O)OC(C)C. The van der Waals surface area contributed by atoms with Gasteiger partial charge in [0.1, 0.15) is 5.75 Å². The van der Waals surface area contributed by atoms with Gasteiger partial charge in [-0.15, -0.1) is 0 Å². The minimum absolute atomic E-state index is 0.0136. The molecule has 0 N–H and O–H groups in total. The Balaban J connectivity index is 2.45. The summed E-state index contributed by atoms with van der Waals surface area (Å²) >= 11 is 0. The standard InChI is InChI=1S/C21H20O8/c1-4-26-20(24)28-17-11-6-5-9-15(17)18(23)16-10-7-8-14(12-22)19(16)29-21(25)27-13(2)3/h5-13H,4H2,1-3H3. The first-order valence-corrected chi connectivity index (χ1v) is 8.82. The summed E-state index contributed by atoms with van der Waals surface area (Å²) in [6.07, 6.45) is -2.02. The van der Waals surface area contributed by atoms with E-state index < -0.39 is 24.2 Å². The van der Waals surface area contributed by atoms with Gasteiger partial charge in [-0.1, -0.05) is 18.2 Å². The Hall–Kier alpha value is -3.68. The lowest BCUT2D eigenvalue weighted by Crippen LogP contribution is -2.18. The highest BCUT2D eigenvalue weighted by molar-refractivity contribution is 6.13. The number of para-hydroxylation sites is 2. The molecule has 2 aromatic carbocycles. The van der Waals surface area contributed by atoms with Crippen LogP contribution in [-0.2, 0) is 9.47 Å². The molecule has 152 valence electrons. The van der Waals surface area contributed by atoms with Crippen LogP contribution in [0.3, 0.4) is 0 Å². The lowest BCUT2D eigenvalue weighted by atomic mass is 9.99. The van der Waals surface area contributed by atoms with E-state index in [9.17, 15) is 19.2 Å². The Morgan fingerprint density at radius 3 is 2.28 bits per heavy atom. The van der Waals surface area contributed by atoms with Gasteiger partial charge in [0.05, 0.1) is 29.4 Å². The third-order valence-electron chi connectivity index (χ3n) is 3.52. The first kappa shape index (κ1) is 21.6. The van der Waals surface area contributed by atoms with Crippen molar-refractivity contribution in [3.05, 3.63) is 59.2 Å². The highest BCUT2D eigenvalue weighted by Crippen LogP contribution is 2.29. The second-order valence-electron chi connectivity index (χ2n) is 5.97. The van der Waals surface area contributed by atoms with E-state index in [4.69, 9.17) is 18.9 Å². The average Bonchev–Trinajstić information content (AvgIpc) is 2.67. The predicted molar refractivity (Wildman–Crippen MR) is 102 cm³/mol. The van der Waals surface area contributed by atoms with Crippen LogP contribution in [0.25, 0.3) is 0 Å². The Kier molecular flexibility index (Phi) is 7.47. The van der Waals surface area contributed by atoms with Crippen molar-refractivity contribution in [3.8, 4) is 11.5 Å². The molecule has 8 nitrogen and oxygen atoms in total. The number of carbonyl (C=O) groups is 4. The molecule has 2 aromatic rings. The molecule has 0 aliphatic rings. The van der Waals surface area contributed by atoms with E-state index in [-0.39, 0.29) is 34.8 Å². The maximum Gasteiger partial charge on any atom is 0.514 e. The van der Waals surface area contributed by atoms with Crippen LogP contribution in [0.5, 0.6) is 11.5 Å². The summed E-state index contributed by atoms with van der Waals surface area (Å²) in [6.45, 7) is 4.97. The van der Waals surface area contributed by atoms with E-state index in [2.05, 4.69) is 0 Å². The molecule has 2 rings (SSSR count). The largest absolute Gasteiger partial charge is 0.514 e. The fourth-order valence-corrected chi connectivity index (χ4v) is 2.37. The fourth-order valence-electron chi connectivity index (χ4n) is 2.37. The summed E-state index contributed by atoms with van der Waals surface area (Å²) in [5.41, 5.74) is -0.0683. The third-order valence-corrected chi connectivity index (χ3v) is 3.52. The van der Waals surface area contributed by atoms with E-state index in [0.717, 1.165) is 0 Å². The molecule has 0 radical (unpaired) electrons. The maximum atomic E-state index is 13.1. The Morgan fingerprint density at radius 1 is 0.931 bits per heavy atom. The number of carbonyl (C=O) groups excluding carboxylic acids is 4. The molecule has 0 aromatic heterocycles. The highest BCUT2D eigenvalue weighted by Gasteiger charge is 2.24. The Morgan fingerprint density at radius 2 is 1.62 bits per heavy atom. The second-order valence-corrected chi connectivity index (χ2v) is 5.97. The molecule has 0 amide bonds. The maximum absolute atomic E-state index is 13.1. The number of benzene rings is 2. The molecular weight excluding hydrogens is 380 g/mol. The van der Waals surface area contributed by atoms with Gasteiger partial charge in [-0.2, -0.15) is 0 Å². The predicted octanol–water partition coefficient (Wildman–Crippen LogP) is 4.19. The van der Waals surface area contributed by atoms with Crippen LogP contribution in [0, 0.1) is 0 Å². The fraction of sp³-hybridized carbons (Fsp3) is 0.238. The molecule has 0 saturated heterocycles. The van der Waals surface area contributed by atoms with Gasteiger partial charge in [0, 0.05) is 0 Å². The van der Waals surface area contributed by atoms with Crippen LogP contribution < -0.4 is 9.47 Å². The smallest absolute Gasteiger partial charge is 0.434 e. The van der Waals surface area contributed by atoms with E-state index in [0.29, 0.717) is 6.29 Å². The Bertz CT molecular complexity index is 917. The van der Waals surface area contributed by atoms with Crippen LogP contribution in [-0.4, -0.2) is 37.1 Å². The van der Waals surface area contributed by atoms with Gasteiger partial charge in [0.25, 0.3) is 0 Å². The van der Waals surface area contributed by atoms with Crippen molar-refractivity contribution in [1.82, 2.24) is 0 Å².